The molecular weight excluding hydrogens is 235 g/mol. The summed E-state index contributed by atoms with van der Waals surface area (Å²) in [6.07, 6.45) is 0.861. The Kier molecular flexibility index (Phi) is 3.60. The van der Waals surface area contributed by atoms with Gasteiger partial charge in [0.15, 0.2) is 0 Å². The lowest BCUT2D eigenvalue weighted by Crippen LogP contribution is -1.99. The van der Waals surface area contributed by atoms with Crippen LogP contribution >= 0.6 is 15.9 Å². The van der Waals surface area contributed by atoms with Gasteiger partial charge in [-0.05, 0) is 23.3 Å². The molecule has 0 bridgehead atoms. The topological polar surface area (TPSA) is 17.1 Å². The van der Waals surface area contributed by atoms with Gasteiger partial charge in [-0.15, -0.1) is 0 Å². The normalized spacial score (nSPS) is 12.5. The third-order valence-corrected chi connectivity index (χ3v) is 2.55. The zero-order chi connectivity index (χ0) is 9.84. The van der Waals surface area contributed by atoms with Crippen LogP contribution in [0.2, 0.25) is 0 Å². The van der Waals surface area contributed by atoms with Crippen LogP contribution in [0.5, 0.6) is 0 Å². The van der Waals surface area contributed by atoms with Gasteiger partial charge >= 0.3 is 0 Å². The highest BCUT2D eigenvalue weighted by Gasteiger charge is 2.09. The molecule has 0 spiro atoms. The van der Waals surface area contributed by atoms with Crippen molar-refractivity contribution in [2.45, 2.75) is 18.2 Å². The zero-order valence-corrected chi connectivity index (χ0v) is 8.84. The van der Waals surface area contributed by atoms with Crippen molar-refractivity contribution in [3.8, 4) is 0 Å². The maximum atomic E-state index is 12.8. The highest BCUT2D eigenvalue weighted by atomic mass is 79.9. The van der Waals surface area contributed by atoms with Gasteiger partial charge in [-0.1, -0.05) is 28.9 Å². The van der Waals surface area contributed by atoms with Crippen LogP contribution in [-0.2, 0) is 10.1 Å². The van der Waals surface area contributed by atoms with E-state index in [-0.39, 0.29) is 11.7 Å². The number of carbonyl (C=O) groups is 1. The Labute approximate surface area is 85.1 Å². The van der Waals surface area contributed by atoms with Gasteiger partial charge in [-0.2, -0.15) is 0 Å². The molecule has 1 nitrogen and oxygen atoms in total. The van der Waals surface area contributed by atoms with E-state index in [1.165, 1.54) is 12.1 Å². The Balaban J connectivity index is 3.12. The number of aldehydes is 1. The van der Waals surface area contributed by atoms with Crippen molar-refractivity contribution >= 4 is 22.2 Å². The van der Waals surface area contributed by atoms with Crippen molar-refractivity contribution in [2.24, 2.45) is 0 Å². The van der Waals surface area contributed by atoms with Gasteiger partial charge in [0.1, 0.15) is 12.1 Å². The summed E-state index contributed by atoms with van der Waals surface area (Å²) in [6.45, 7) is 1.80. The first-order chi connectivity index (χ1) is 6.19. The number of rotatable bonds is 3. The smallest absolute Gasteiger partial charge is 0.127 e. The number of halogens is 2. The number of alkyl halides is 1. The highest BCUT2D eigenvalue weighted by molar-refractivity contribution is 9.08. The molecule has 70 valence electrons. The fourth-order valence-electron chi connectivity index (χ4n) is 1.21. The highest BCUT2D eigenvalue weighted by Crippen LogP contribution is 2.21. The molecule has 1 aromatic rings. The lowest BCUT2D eigenvalue weighted by Gasteiger charge is -2.09. The Morgan fingerprint density at radius 2 is 2.31 bits per heavy atom. The van der Waals surface area contributed by atoms with Gasteiger partial charge in [0, 0.05) is 11.2 Å². The van der Waals surface area contributed by atoms with E-state index in [2.05, 4.69) is 15.9 Å². The Bertz CT molecular complexity index is 312. The molecule has 0 radical (unpaired) electrons. The van der Waals surface area contributed by atoms with Crippen molar-refractivity contribution in [2.75, 3.05) is 0 Å². The molecule has 13 heavy (non-hydrogen) atoms. The van der Waals surface area contributed by atoms with E-state index >= 15 is 0 Å². The van der Waals surface area contributed by atoms with Gasteiger partial charge in [-0.3, -0.25) is 0 Å². The van der Waals surface area contributed by atoms with E-state index < -0.39 is 0 Å². The second-order valence-corrected chi connectivity index (χ2v) is 3.46. The monoisotopic (exact) mass is 244 g/mol. The SMILES string of the molecule is CC(C=O)c1ccc(F)cc1CBr. The van der Waals surface area contributed by atoms with Gasteiger partial charge in [0.2, 0.25) is 0 Å². The van der Waals surface area contributed by atoms with Gasteiger partial charge in [-0.25, -0.2) is 4.39 Å². The van der Waals surface area contributed by atoms with Crippen LogP contribution in [0.15, 0.2) is 18.2 Å². The first kappa shape index (κ1) is 10.4. The molecule has 0 N–H and O–H groups in total. The predicted molar refractivity (Wildman–Crippen MR) is 53.5 cm³/mol. The summed E-state index contributed by atoms with van der Waals surface area (Å²) in [4.78, 5) is 10.5. The van der Waals surface area contributed by atoms with Crippen LogP contribution in [0.3, 0.4) is 0 Å². The van der Waals surface area contributed by atoms with Crippen molar-refractivity contribution in [3.05, 3.63) is 35.1 Å². The summed E-state index contributed by atoms with van der Waals surface area (Å²) in [6, 6.07) is 4.48. The molecule has 0 aliphatic rings. The van der Waals surface area contributed by atoms with Crippen molar-refractivity contribution in [1.29, 1.82) is 0 Å². The fourth-order valence-corrected chi connectivity index (χ4v) is 1.69. The summed E-state index contributed by atoms with van der Waals surface area (Å²) >= 11 is 3.26. The second-order valence-electron chi connectivity index (χ2n) is 2.90. The second kappa shape index (κ2) is 4.51. The van der Waals surface area contributed by atoms with Gasteiger partial charge < -0.3 is 4.79 Å². The van der Waals surface area contributed by atoms with E-state index in [0.29, 0.717) is 5.33 Å². The third-order valence-electron chi connectivity index (χ3n) is 1.94. The Hall–Kier alpha value is -0.700. The summed E-state index contributed by atoms with van der Waals surface area (Å²) in [5.41, 5.74) is 1.72. The largest absolute Gasteiger partial charge is 0.303 e. The van der Waals surface area contributed by atoms with Gasteiger partial charge in [0.05, 0.1) is 0 Å². The molecule has 0 heterocycles. The minimum absolute atomic E-state index is 0.173. The standard InChI is InChI=1S/C10H10BrFO/c1-7(6-13)10-3-2-9(12)4-8(10)5-11/h2-4,6-7H,5H2,1H3. The molecule has 0 amide bonds. The third kappa shape index (κ3) is 2.37. The molecule has 0 aliphatic heterocycles. The molecule has 1 atom stereocenters. The van der Waals surface area contributed by atoms with E-state index in [4.69, 9.17) is 0 Å². The van der Waals surface area contributed by atoms with Crippen LogP contribution in [0.4, 0.5) is 4.39 Å². The molecule has 1 unspecified atom stereocenters. The zero-order valence-electron chi connectivity index (χ0n) is 7.26. The minimum atomic E-state index is -0.267. The molecule has 1 rings (SSSR count). The number of hydrogen-bond donors (Lipinski definition) is 0. The van der Waals surface area contributed by atoms with Crippen molar-refractivity contribution in [1.82, 2.24) is 0 Å². The molecule has 1 aromatic carbocycles. The Morgan fingerprint density at radius 3 is 2.85 bits per heavy atom. The van der Waals surface area contributed by atoms with Gasteiger partial charge in [0.25, 0.3) is 0 Å². The number of benzene rings is 1. The molecule has 0 saturated heterocycles. The average Bonchev–Trinajstić information content (AvgIpc) is 2.16. The van der Waals surface area contributed by atoms with Crippen LogP contribution in [0.25, 0.3) is 0 Å². The molecule has 0 fully saturated rings. The maximum absolute atomic E-state index is 12.8. The van der Waals surface area contributed by atoms with E-state index in [0.717, 1.165) is 17.4 Å². The van der Waals surface area contributed by atoms with Crippen molar-refractivity contribution in [3.63, 3.8) is 0 Å². The number of carbonyl (C=O) groups excluding carboxylic acids is 1. The first-order valence-corrected chi connectivity index (χ1v) is 5.10. The predicted octanol–water partition coefficient (Wildman–Crippen LogP) is 3.02. The number of hydrogen-bond acceptors (Lipinski definition) is 1. The van der Waals surface area contributed by atoms with E-state index in [1.54, 1.807) is 13.0 Å². The van der Waals surface area contributed by atoms with E-state index in [1.807, 2.05) is 0 Å². The van der Waals surface area contributed by atoms with Crippen LogP contribution in [-0.4, -0.2) is 6.29 Å². The summed E-state index contributed by atoms with van der Waals surface area (Å²) in [5, 5.41) is 0.568. The average molecular weight is 245 g/mol. The lowest BCUT2D eigenvalue weighted by atomic mass is 9.98. The van der Waals surface area contributed by atoms with Crippen LogP contribution in [0, 0.1) is 5.82 Å². The fraction of sp³-hybridized carbons (Fsp3) is 0.300. The molecule has 0 aliphatic carbocycles. The van der Waals surface area contributed by atoms with Crippen LogP contribution < -0.4 is 0 Å². The lowest BCUT2D eigenvalue weighted by molar-refractivity contribution is -0.108. The molecule has 0 aromatic heterocycles. The van der Waals surface area contributed by atoms with Crippen molar-refractivity contribution < 1.29 is 9.18 Å². The molecule has 0 saturated carbocycles. The maximum Gasteiger partial charge on any atom is 0.127 e. The Morgan fingerprint density at radius 1 is 1.62 bits per heavy atom. The summed E-state index contributed by atoms with van der Waals surface area (Å²) in [7, 11) is 0. The quantitative estimate of drug-likeness (QED) is 0.590. The first-order valence-electron chi connectivity index (χ1n) is 3.98. The summed E-state index contributed by atoms with van der Waals surface area (Å²) < 4.78 is 12.8. The summed E-state index contributed by atoms with van der Waals surface area (Å²) in [5.74, 6) is -0.440. The minimum Gasteiger partial charge on any atom is -0.303 e. The van der Waals surface area contributed by atoms with E-state index in [9.17, 15) is 9.18 Å². The van der Waals surface area contributed by atoms with Crippen LogP contribution in [0.1, 0.15) is 24.0 Å². The molecular formula is C10H10BrFO. The molecule has 3 heteroatoms.